The van der Waals surface area contributed by atoms with Crippen molar-refractivity contribution in [3.63, 3.8) is 0 Å². The lowest BCUT2D eigenvalue weighted by Gasteiger charge is -2.08. The zero-order chi connectivity index (χ0) is 18.2. The lowest BCUT2D eigenvalue weighted by atomic mass is 10.1. The summed E-state index contributed by atoms with van der Waals surface area (Å²) in [6, 6.07) is 14.1. The predicted molar refractivity (Wildman–Crippen MR) is 102 cm³/mol. The molecule has 0 bridgehead atoms. The first-order valence-corrected chi connectivity index (χ1v) is 8.86. The van der Waals surface area contributed by atoms with Gasteiger partial charge >= 0.3 is 0 Å². The van der Waals surface area contributed by atoms with Crippen molar-refractivity contribution in [2.24, 2.45) is 0 Å². The highest BCUT2D eigenvalue weighted by Gasteiger charge is 2.05. The van der Waals surface area contributed by atoms with Crippen LogP contribution in [0, 0.1) is 13.8 Å². The maximum absolute atomic E-state index is 11.8. The molecule has 0 saturated carbocycles. The third-order valence-electron chi connectivity index (χ3n) is 3.70. The summed E-state index contributed by atoms with van der Waals surface area (Å²) in [6.07, 6.45) is 0. The van der Waals surface area contributed by atoms with Crippen LogP contribution in [-0.2, 0) is 9.59 Å². The van der Waals surface area contributed by atoms with Crippen molar-refractivity contribution < 1.29 is 9.59 Å². The number of carbonyl (C=O) groups excluding carboxylic acids is 2. The summed E-state index contributed by atoms with van der Waals surface area (Å²) in [5.74, 6) is -0.334. The van der Waals surface area contributed by atoms with Gasteiger partial charge in [-0.05, 0) is 61.4 Å². The van der Waals surface area contributed by atoms with Gasteiger partial charge in [-0.25, -0.2) is 0 Å². The molecule has 2 amide bonds. The van der Waals surface area contributed by atoms with Crippen molar-refractivity contribution in [2.75, 3.05) is 25.5 Å². The van der Waals surface area contributed by atoms with Gasteiger partial charge in [0.2, 0.25) is 11.8 Å². The Kier molecular flexibility index (Phi) is 7.03. The van der Waals surface area contributed by atoms with E-state index in [0.29, 0.717) is 0 Å². The molecule has 0 unspecified atom stereocenters. The average molecular weight is 357 g/mol. The number of rotatable bonds is 7. The summed E-state index contributed by atoms with van der Waals surface area (Å²) in [4.78, 5) is 25.2. The number of anilines is 1. The average Bonchev–Trinajstić information content (AvgIpc) is 2.59. The van der Waals surface area contributed by atoms with Gasteiger partial charge in [-0.1, -0.05) is 17.8 Å². The summed E-state index contributed by atoms with van der Waals surface area (Å²) in [5.41, 5.74) is 3.29. The maximum atomic E-state index is 11.8. The normalized spacial score (nSPS) is 10.4. The number of benzene rings is 2. The molecule has 3 N–H and O–H groups in total. The van der Waals surface area contributed by atoms with Crippen LogP contribution in [0.3, 0.4) is 0 Å². The van der Waals surface area contributed by atoms with E-state index in [0.717, 1.165) is 10.6 Å². The molecule has 2 aromatic carbocycles. The van der Waals surface area contributed by atoms with Crippen LogP contribution in [0.4, 0.5) is 5.69 Å². The molecule has 0 heterocycles. The number of hydrogen-bond donors (Lipinski definition) is 3. The van der Waals surface area contributed by atoms with Crippen molar-refractivity contribution in [1.82, 2.24) is 10.6 Å². The molecule has 0 fully saturated rings. The molecule has 0 aliphatic heterocycles. The van der Waals surface area contributed by atoms with Gasteiger partial charge in [0.25, 0.3) is 0 Å². The standard InChI is InChI=1S/C19H23N3O2S/c1-13-4-7-17(10-14(13)2)25-16-8-5-15(6-9-16)22-19(24)12-21-11-18(23)20-3/h4-10,21H,11-12H2,1-3H3,(H,20,23)(H,22,24). The predicted octanol–water partition coefficient (Wildman–Crippen LogP) is 2.73. The molecule has 0 aliphatic carbocycles. The minimum atomic E-state index is -0.182. The minimum Gasteiger partial charge on any atom is -0.358 e. The molecular formula is C19H23N3O2S. The molecular weight excluding hydrogens is 334 g/mol. The maximum Gasteiger partial charge on any atom is 0.238 e. The summed E-state index contributed by atoms with van der Waals surface area (Å²) >= 11 is 1.69. The second-order valence-corrected chi connectivity index (χ2v) is 6.84. The first-order chi connectivity index (χ1) is 12.0. The fraction of sp³-hybridized carbons (Fsp3) is 0.263. The van der Waals surface area contributed by atoms with Crippen LogP contribution in [0.1, 0.15) is 11.1 Å². The largest absolute Gasteiger partial charge is 0.358 e. The van der Waals surface area contributed by atoms with Crippen LogP contribution in [0.25, 0.3) is 0 Å². The number of likely N-dealkylation sites (N-methyl/N-ethyl adjacent to an activating group) is 1. The molecule has 5 nitrogen and oxygen atoms in total. The first kappa shape index (κ1) is 19.0. The minimum absolute atomic E-state index is 0.0898. The van der Waals surface area contributed by atoms with E-state index in [1.165, 1.54) is 16.0 Å². The van der Waals surface area contributed by atoms with Crippen molar-refractivity contribution >= 4 is 29.3 Å². The van der Waals surface area contributed by atoms with Crippen molar-refractivity contribution in [3.8, 4) is 0 Å². The molecule has 2 rings (SSSR count). The summed E-state index contributed by atoms with van der Waals surface area (Å²) in [5, 5.41) is 8.07. The Balaban J connectivity index is 1.85. The Morgan fingerprint density at radius 3 is 2.16 bits per heavy atom. The van der Waals surface area contributed by atoms with Gasteiger partial charge in [-0.2, -0.15) is 0 Å². The number of carbonyl (C=O) groups is 2. The summed E-state index contributed by atoms with van der Waals surface area (Å²) in [6.45, 7) is 4.42. The van der Waals surface area contributed by atoms with E-state index in [1.807, 2.05) is 24.3 Å². The second kappa shape index (κ2) is 9.25. The zero-order valence-electron chi connectivity index (χ0n) is 14.7. The Morgan fingerprint density at radius 2 is 1.52 bits per heavy atom. The molecule has 0 aliphatic rings. The highest BCUT2D eigenvalue weighted by atomic mass is 32.2. The van der Waals surface area contributed by atoms with Crippen LogP contribution >= 0.6 is 11.8 Å². The summed E-state index contributed by atoms with van der Waals surface area (Å²) < 4.78 is 0. The molecule has 132 valence electrons. The molecule has 0 radical (unpaired) electrons. The molecule has 2 aromatic rings. The quantitative estimate of drug-likeness (QED) is 0.713. The smallest absolute Gasteiger partial charge is 0.238 e. The molecule has 0 saturated heterocycles. The molecule has 0 spiro atoms. The number of nitrogens with one attached hydrogen (secondary N) is 3. The molecule has 6 heteroatoms. The Morgan fingerprint density at radius 1 is 0.880 bits per heavy atom. The topological polar surface area (TPSA) is 70.2 Å². The molecule has 25 heavy (non-hydrogen) atoms. The molecule has 0 atom stereocenters. The van der Waals surface area contributed by atoms with Gasteiger partial charge in [-0.3, -0.25) is 14.9 Å². The van der Waals surface area contributed by atoms with E-state index in [-0.39, 0.29) is 24.9 Å². The SMILES string of the molecule is CNC(=O)CNCC(=O)Nc1ccc(Sc2ccc(C)c(C)c2)cc1. The third-order valence-corrected chi connectivity index (χ3v) is 4.70. The fourth-order valence-corrected chi connectivity index (χ4v) is 3.02. The zero-order valence-corrected chi connectivity index (χ0v) is 15.5. The fourth-order valence-electron chi connectivity index (χ4n) is 2.10. The Hall–Kier alpha value is -2.31. The van der Waals surface area contributed by atoms with E-state index < -0.39 is 0 Å². The van der Waals surface area contributed by atoms with Crippen LogP contribution in [0.15, 0.2) is 52.3 Å². The molecule has 0 aromatic heterocycles. The van der Waals surface area contributed by atoms with Crippen LogP contribution in [0.2, 0.25) is 0 Å². The highest BCUT2D eigenvalue weighted by Crippen LogP contribution is 2.29. The number of hydrogen-bond acceptors (Lipinski definition) is 4. The van der Waals surface area contributed by atoms with E-state index in [9.17, 15) is 9.59 Å². The number of aryl methyl sites for hydroxylation is 2. The Bertz CT molecular complexity index is 745. The van der Waals surface area contributed by atoms with Crippen LogP contribution in [-0.4, -0.2) is 32.0 Å². The van der Waals surface area contributed by atoms with Gasteiger partial charge in [0.1, 0.15) is 0 Å². The summed E-state index contributed by atoms with van der Waals surface area (Å²) in [7, 11) is 1.56. The van der Waals surface area contributed by atoms with E-state index >= 15 is 0 Å². The first-order valence-electron chi connectivity index (χ1n) is 8.04. The highest BCUT2D eigenvalue weighted by molar-refractivity contribution is 7.99. The lowest BCUT2D eigenvalue weighted by Crippen LogP contribution is -2.36. The van der Waals surface area contributed by atoms with Crippen molar-refractivity contribution in [1.29, 1.82) is 0 Å². The van der Waals surface area contributed by atoms with Gasteiger partial charge < -0.3 is 10.6 Å². The number of amides is 2. The van der Waals surface area contributed by atoms with E-state index in [1.54, 1.807) is 18.8 Å². The monoisotopic (exact) mass is 357 g/mol. The second-order valence-electron chi connectivity index (χ2n) is 5.70. The van der Waals surface area contributed by atoms with Gasteiger partial charge in [0, 0.05) is 22.5 Å². The van der Waals surface area contributed by atoms with Crippen molar-refractivity contribution in [3.05, 3.63) is 53.6 Å². The van der Waals surface area contributed by atoms with Crippen LogP contribution < -0.4 is 16.0 Å². The third kappa shape index (κ3) is 6.25. The van der Waals surface area contributed by atoms with Gasteiger partial charge in [0.15, 0.2) is 0 Å². The van der Waals surface area contributed by atoms with E-state index in [2.05, 4.69) is 48.0 Å². The van der Waals surface area contributed by atoms with Gasteiger partial charge in [0.05, 0.1) is 13.1 Å². The Labute approximate surface area is 152 Å². The van der Waals surface area contributed by atoms with Crippen LogP contribution in [0.5, 0.6) is 0 Å². The lowest BCUT2D eigenvalue weighted by molar-refractivity contribution is -0.119. The van der Waals surface area contributed by atoms with E-state index in [4.69, 9.17) is 0 Å². The van der Waals surface area contributed by atoms with Gasteiger partial charge in [-0.15, -0.1) is 0 Å². The van der Waals surface area contributed by atoms with Crippen molar-refractivity contribution in [2.45, 2.75) is 23.6 Å².